The van der Waals surface area contributed by atoms with Crippen LogP contribution < -0.4 is 10.3 Å². The Labute approximate surface area is 179 Å². The van der Waals surface area contributed by atoms with Crippen molar-refractivity contribution >= 4 is 21.6 Å². The summed E-state index contributed by atoms with van der Waals surface area (Å²) in [6.45, 7) is 6.13. The Balaban J connectivity index is 1.57. The van der Waals surface area contributed by atoms with Gasteiger partial charge >= 0.3 is 0 Å². The molecule has 0 aliphatic rings. The highest BCUT2D eigenvalue weighted by Crippen LogP contribution is 2.35. The van der Waals surface area contributed by atoms with Crippen molar-refractivity contribution in [3.8, 4) is 16.2 Å². The normalized spacial score (nSPS) is 12.3. The summed E-state index contributed by atoms with van der Waals surface area (Å²) in [5.41, 5.74) is 3.90. The van der Waals surface area contributed by atoms with Gasteiger partial charge in [-0.3, -0.25) is 9.36 Å². The van der Waals surface area contributed by atoms with Crippen molar-refractivity contribution in [1.29, 1.82) is 0 Å². The van der Waals surface area contributed by atoms with Gasteiger partial charge in [-0.15, -0.1) is 11.3 Å². The van der Waals surface area contributed by atoms with Crippen molar-refractivity contribution in [3.05, 3.63) is 81.9 Å². The number of thiophene rings is 1. The summed E-state index contributed by atoms with van der Waals surface area (Å²) in [5.74, 6) is 0.777. The van der Waals surface area contributed by atoms with E-state index in [1.807, 2.05) is 69.3 Å². The first-order valence-electron chi connectivity index (χ1n) is 9.86. The van der Waals surface area contributed by atoms with E-state index in [-0.39, 0.29) is 18.7 Å². The molecule has 0 aliphatic heterocycles. The molecule has 2 heterocycles. The Hall–Kier alpha value is -2.96. The van der Waals surface area contributed by atoms with E-state index < -0.39 is 6.10 Å². The molecule has 0 saturated heterocycles. The van der Waals surface area contributed by atoms with Crippen LogP contribution in [0.3, 0.4) is 0 Å². The summed E-state index contributed by atoms with van der Waals surface area (Å²) in [7, 11) is 0. The van der Waals surface area contributed by atoms with Crippen LogP contribution in [-0.4, -0.2) is 27.4 Å². The van der Waals surface area contributed by atoms with Crippen LogP contribution in [-0.2, 0) is 6.54 Å². The summed E-state index contributed by atoms with van der Waals surface area (Å²) in [6, 6.07) is 15.9. The molecule has 0 amide bonds. The fourth-order valence-electron chi connectivity index (χ4n) is 3.64. The molecular weight excluding hydrogens is 396 g/mol. The third-order valence-corrected chi connectivity index (χ3v) is 6.44. The van der Waals surface area contributed by atoms with Crippen molar-refractivity contribution in [2.75, 3.05) is 6.61 Å². The lowest BCUT2D eigenvalue weighted by molar-refractivity contribution is 0.0908. The topological polar surface area (TPSA) is 64.3 Å². The van der Waals surface area contributed by atoms with E-state index in [1.54, 1.807) is 0 Å². The Bertz CT molecular complexity index is 1220. The van der Waals surface area contributed by atoms with E-state index in [2.05, 4.69) is 4.98 Å². The summed E-state index contributed by atoms with van der Waals surface area (Å²) in [6.07, 6.45) is 0.686. The molecule has 0 bridgehead atoms. The van der Waals surface area contributed by atoms with Crippen LogP contribution in [0.25, 0.3) is 20.7 Å². The predicted molar refractivity (Wildman–Crippen MR) is 121 cm³/mol. The maximum atomic E-state index is 13.1. The number of benzene rings is 2. The van der Waals surface area contributed by atoms with E-state index >= 15 is 0 Å². The van der Waals surface area contributed by atoms with Crippen LogP contribution in [0.15, 0.2) is 59.7 Å². The second-order valence-electron chi connectivity index (χ2n) is 7.49. The van der Waals surface area contributed by atoms with Gasteiger partial charge in [0, 0.05) is 4.88 Å². The number of aliphatic hydroxyl groups excluding tert-OH is 1. The third kappa shape index (κ3) is 3.88. The summed E-state index contributed by atoms with van der Waals surface area (Å²) in [4.78, 5) is 19.3. The van der Waals surface area contributed by atoms with Gasteiger partial charge in [0.05, 0.1) is 18.3 Å². The molecular formula is C24H24N2O3S. The highest BCUT2D eigenvalue weighted by molar-refractivity contribution is 7.22. The minimum Gasteiger partial charge on any atom is -0.490 e. The third-order valence-electron chi connectivity index (χ3n) is 5.19. The number of hydrogen-bond acceptors (Lipinski definition) is 5. The lowest BCUT2D eigenvalue weighted by atomic mass is 10.1. The molecule has 154 valence electrons. The van der Waals surface area contributed by atoms with Gasteiger partial charge in [0.2, 0.25) is 0 Å². The van der Waals surface area contributed by atoms with Gasteiger partial charge in [0.15, 0.2) is 0 Å². The van der Waals surface area contributed by atoms with Gasteiger partial charge in [-0.05, 0) is 43.0 Å². The number of aromatic nitrogens is 2. The number of ether oxygens (including phenoxy) is 1. The average molecular weight is 421 g/mol. The quantitative estimate of drug-likeness (QED) is 0.499. The van der Waals surface area contributed by atoms with Gasteiger partial charge in [-0.25, -0.2) is 4.98 Å². The van der Waals surface area contributed by atoms with Gasteiger partial charge in [-0.2, -0.15) is 0 Å². The van der Waals surface area contributed by atoms with Crippen LogP contribution in [0.2, 0.25) is 0 Å². The van der Waals surface area contributed by atoms with Gasteiger partial charge in [0.1, 0.15) is 23.3 Å². The molecule has 0 saturated carbocycles. The first kappa shape index (κ1) is 20.3. The second kappa shape index (κ2) is 8.42. The summed E-state index contributed by atoms with van der Waals surface area (Å²) < 4.78 is 7.30. The predicted octanol–water partition coefficient (Wildman–Crippen LogP) is 4.49. The molecule has 2 aromatic heterocycles. The highest BCUT2D eigenvalue weighted by atomic mass is 32.1. The van der Waals surface area contributed by atoms with Crippen molar-refractivity contribution in [2.24, 2.45) is 0 Å². The van der Waals surface area contributed by atoms with Crippen molar-refractivity contribution < 1.29 is 9.84 Å². The van der Waals surface area contributed by atoms with Gasteiger partial charge in [-0.1, -0.05) is 48.5 Å². The van der Waals surface area contributed by atoms with Crippen LogP contribution in [0, 0.1) is 20.8 Å². The number of aliphatic hydroxyl groups is 1. The molecule has 1 atom stereocenters. The summed E-state index contributed by atoms with van der Waals surface area (Å²) in [5, 5.41) is 11.1. The molecule has 2 aromatic carbocycles. The maximum Gasteiger partial charge on any atom is 0.262 e. The SMILES string of the molecule is Cc1cccc(C)c1OCC(O)Cn1cnc2sc(-c3ccccc3)c(C)c2c1=O. The Kier molecular flexibility index (Phi) is 5.70. The molecule has 0 fully saturated rings. The largest absolute Gasteiger partial charge is 0.490 e. The molecule has 5 nitrogen and oxygen atoms in total. The van der Waals surface area contributed by atoms with Crippen molar-refractivity contribution in [1.82, 2.24) is 9.55 Å². The number of fused-ring (bicyclic) bond motifs is 1. The molecule has 1 N–H and O–H groups in total. The standard InChI is InChI=1S/C24H24N2O3S/c1-15-8-7-9-16(2)21(15)29-13-19(27)12-26-14-25-23-20(24(26)28)17(3)22(30-23)18-10-5-4-6-11-18/h4-11,14,19,27H,12-13H2,1-3H3. The monoisotopic (exact) mass is 420 g/mol. The zero-order chi connectivity index (χ0) is 21.3. The molecule has 0 aliphatic carbocycles. The van der Waals surface area contributed by atoms with E-state index in [9.17, 15) is 9.90 Å². The number of hydrogen-bond donors (Lipinski definition) is 1. The van der Waals surface area contributed by atoms with E-state index in [0.717, 1.165) is 32.9 Å². The van der Waals surface area contributed by atoms with Crippen LogP contribution in [0.4, 0.5) is 0 Å². The smallest absolute Gasteiger partial charge is 0.262 e. The van der Waals surface area contributed by atoms with Crippen LogP contribution >= 0.6 is 11.3 Å². The average Bonchev–Trinajstić information content (AvgIpc) is 3.07. The molecule has 4 rings (SSSR count). The minimum absolute atomic E-state index is 0.105. The lowest BCUT2D eigenvalue weighted by Crippen LogP contribution is -2.30. The van der Waals surface area contributed by atoms with E-state index in [0.29, 0.717) is 10.2 Å². The molecule has 0 radical (unpaired) electrons. The fourth-order valence-corrected chi connectivity index (χ4v) is 4.79. The maximum absolute atomic E-state index is 13.1. The molecule has 30 heavy (non-hydrogen) atoms. The highest BCUT2D eigenvalue weighted by Gasteiger charge is 2.17. The molecule has 0 spiro atoms. The first-order valence-corrected chi connectivity index (χ1v) is 10.7. The Morgan fingerprint density at radius 1 is 1.07 bits per heavy atom. The van der Waals surface area contributed by atoms with Crippen molar-refractivity contribution in [2.45, 2.75) is 33.4 Å². The first-order chi connectivity index (χ1) is 14.5. The Morgan fingerprint density at radius 3 is 2.47 bits per heavy atom. The molecule has 4 aromatic rings. The number of nitrogens with zero attached hydrogens (tertiary/aromatic N) is 2. The molecule has 1 unspecified atom stereocenters. The fraction of sp³-hybridized carbons (Fsp3) is 0.250. The minimum atomic E-state index is -0.825. The van der Waals surface area contributed by atoms with E-state index in [4.69, 9.17) is 4.74 Å². The summed E-state index contributed by atoms with van der Waals surface area (Å²) >= 11 is 1.52. The van der Waals surface area contributed by atoms with Crippen molar-refractivity contribution in [3.63, 3.8) is 0 Å². The zero-order valence-corrected chi connectivity index (χ0v) is 18.1. The van der Waals surface area contributed by atoms with Crippen LogP contribution in [0.1, 0.15) is 16.7 Å². The lowest BCUT2D eigenvalue weighted by Gasteiger charge is -2.16. The van der Waals surface area contributed by atoms with Crippen LogP contribution in [0.5, 0.6) is 5.75 Å². The number of rotatable bonds is 6. The van der Waals surface area contributed by atoms with Gasteiger partial charge in [0.25, 0.3) is 5.56 Å². The number of para-hydroxylation sites is 1. The van der Waals surface area contributed by atoms with E-state index in [1.165, 1.54) is 22.2 Å². The zero-order valence-electron chi connectivity index (χ0n) is 17.3. The number of aryl methyl sites for hydroxylation is 3. The van der Waals surface area contributed by atoms with Gasteiger partial charge < -0.3 is 9.84 Å². The molecule has 6 heteroatoms. The second-order valence-corrected chi connectivity index (χ2v) is 8.49. The Morgan fingerprint density at radius 2 is 1.77 bits per heavy atom.